The molecule has 0 saturated carbocycles. The fourth-order valence-electron chi connectivity index (χ4n) is 1.87. The van der Waals surface area contributed by atoms with E-state index in [1.165, 1.54) is 0 Å². The number of aliphatic carboxylic acids is 1. The summed E-state index contributed by atoms with van der Waals surface area (Å²) in [6.07, 6.45) is -0.193. The summed E-state index contributed by atoms with van der Waals surface area (Å²) in [5.74, 6) is -1.18. The van der Waals surface area contributed by atoms with E-state index in [0.717, 1.165) is 0 Å². The van der Waals surface area contributed by atoms with E-state index in [1.807, 2.05) is 6.07 Å². The van der Waals surface area contributed by atoms with Crippen LogP contribution in [0.25, 0.3) is 0 Å². The molecule has 0 spiro atoms. The fourth-order valence-corrected chi connectivity index (χ4v) is 1.87. The average molecular weight is 296 g/mol. The van der Waals surface area contributed by atoms with Gasteiger partial charge in [0.15, 0.2) is 5.78 Å². The van der Waals surface area contributed by atoms with Crippen LogP contribution in [-0.4, -0.2) is 51.9 Å². The normalized spacial score (nSPS) is 9.14. The van der Waals surface area contributed by atoms with Crippen molar-refractivity contribution < 1.29 is 20.2 Å². The Hall–Kier alpha value is -1.66. The third-order valence-electron chi connectivity index (χ3n) is 2.82. The smallest absolute Gasteiger partial charge is 0.307 e. The summed E-state index contributed by atoms with van der Waals surface area (Å²) in [6.45, 7) is 0. The van der Waals surface area contributed by atoms with E-state index >= 15 is 0 Å². The summed E-state index contributed by atoms with van der Waals surface area (Å²) in [4.78, 5) is 23.0. The van der Waals surface area contributed by atoms with Crippen molar-refractivity contribution >= 4 is 47.0 Å². The maximum Gasteiger partial charge on any atom is 0.307 e. The Morgan fingerprint density at radius 3 is 2.19 bits per heavy atom. The molecule has 21 heavy (non-hydrogen) atoms. The van der Waals surface area contributed by atoms with Crippen molar-refractivity contribution in [1.82, 2.24) is 0 Å². The van der Waals surface area contributed by atoms with E-state index in [0.29, 0.717) is 16.7 Å². The number of hydrogen-bond donors (Lipinski definition) is 2. The van der Waals surface area contributed by atoms with E-state index in [1.54, 1.807) is 42.5 Å². The van der Waals surface area contributed by atoms with Gasteiger partial charge in [-0.3, -0.25) is 9.59 Å². The van der Waals surface area contributed by atoms with Crippen LogP contribution in [-0.2, 0) is 11.2 Å². The van der Waals surface area contributed by atoms with Gasteiger partial charge in [0.25, 0.3) is 0 Å². The Morgan fingerprint density at radius 1 is 1.00 bits per heavy atom. The van der Waals surface area contributed by atoms with E-state index in [2.05, 4.69) is 0 Å². The number of para-hydroxylation sites is 1. The molecule has 105 valence electrons. The molecule has 0 aliphatic carbocycles. The molecule has 0 saturated heterocycles. The van der Waals surface area contributed by atoms with Crippen LogP contribution in [0.3, 0.4) is 0 Å². The number of rotatable bonds is 4. The fraction of sp³-hybridized carbons (Fsp3) is 0.0667. The zero-order valence-electron chi connectivity index (χ0n) is 11.7. The number of ketones is 1. The first kappa shape index (κ1) is 19.3. The number of nitrogens with two attached hydrogens (primary N) is 1. The Labute approximate surface area is 144 Å². The van der Waals surface area contributed by atoms with Crippen LogP contribution < -0.4 is 5.73 Å². The van der Waals surface area contributed by atoms with Crippen LogP contribution in [0.4, 0.5) is 5.69 Å². The third kappa shape index (κ3) is 4.68. The summed E-state index contributed by atoms with van der Waals surface area (Å²) in [5.41, 5.74) is 7.44. The van der Waals surface area contributed by atoms with Crippen molar-refractivity contribution in [3.8, 4) is 0 Å². The Morgan fingerprint density at radius 2 is 1.62 bits per heavy atom. The molecule has 0 atom stereocenters. The van der Waals surface area contributed by atoms with Crippen LogP contribution in [0.1, 0.15) is 21.5 Å². The van der Waals surface area contributed by atoms with Gasteiger partial charge in [-0.15, -0.1) is 0 Å². The zero-order chi connectivity index (χ0) is 13.8. The quantitative estimate of drug-likeness (QED) is 0.496. The third-order valence-corrected chi connectivity index (χ3v) is 2.82. The van der Waals surface area contributed by atoms with Gasteiger partial charge in [-0.1, -0.05) is 42.5 Å². The average Bonchev–Trinajstić information content (AvgIpc) is 2.41. The van der Waals surface area contributed by atoms with Crippen LogP contribution >= 0.6 is 0 Å². The number of carbonyl (C=O) groups is 2. The van der Waals surface area contributed by atoms with E-state index < -0.39 is 5.97 Å². The summed E-state index contributed by atoms with van der Waals surface area (Å²) in [5, 5.41) is 8.80. The molecule has 0 aliphatic heterocycles. The predicted octanol–water partition coefficient (Wildman–Crippen LogP) is 0.921. The van der Waals surface area contributed by atoms with Gasteiger partial charge in [0.05, 0.1) is 6.42 Å². The molecule has 0 aliphatic rings. The van der Waals surface area contributed by atoms with Gasteiger partial charge in [0, 0.05) is 46.4 Å². The second kappa shape index (κ2) is 8.59. The van der Waals surface area contributed by atoms with Crippen LogP contribution in [0, 0.1) is 0 Å². The molecule has 0 aromatic heterocycles. The van der Waals surface area contributed by atoms with Crippen LogP contribution in [0.2, 0.25) is 0 Å². The van der Waals surface area contributed by atoms with Crippen molar-refractivity contribution in [1.29, 1.82) is 0 Å². The number of nitrogen functional groups attached to an aromatic ring is 1. The summed E-state index contributed by atoms with van der Waals surface area (Å²) in [6, 6.07) is 13.6. The van der Waals surface area contributed by atoms with E-state index in [-0.39, 0.29) is 52.9 Å². The van der Waals surface area contributed by atoms with E-state index in [4.69, 9.17) is 10.8 Å². The van der Waals surface area contributed by atoms with Crippen LogP contribution in [0.15, 0.2) is 48.5 Å². The van der Waals surface area contributed by atoms with Crippen molar-refractivity contribution in [2.75, 3.05) is 5.73 Å². The van der Waals surface area contributed by atoms with Gasteiger partial charge in [-0.05, 0) is 11.6 Å². The molecular weight excluding hydrogens is 281 g/mol. The maximum atomic E-state index is 12.3. The second-order valence-electron chi connectivity index (χ2n) is 4.14. The Kier molecular flexibility index (Phi) is 7.91. The molecule has 0 bridgehead atoms. The second-order valence-corrected chi connectivity index (χ2v) is 4.14. The number of carboxylic acid groups (broad SMARTS) is 1. The molecule has 5 nitrogen and oxygen atoms in total. The molecule has 0 amide bonds. The minimum atomic E-state index is -0.976. The molecule has 6 heteroatoms. The molecule has 5 N–H and O–H groups in total. The van der Waals surface area contributed by atoms with Crippen LogP contribution in [0.5, 0.6) is 0 Å². The summed E-state index contributed by atoms with van der Waals surface area (Å²) in [7, 11) is 0. The minimum absolute atomic E-state index is 0. The maximum absolute atomic E-state index is 12.3. The number of anilines is 1. The number of carboxylic acids is 1. The van der Waals surface area contributed by atoms with Crippen molar-refractivity contribution in [2.45, 2.75) is 6.42 Å². The molecule has 2 aromatic rings. The number of hydrogen-bond acceptors (Lipinski definition) is 3. The molecule has 2 aromatic carbocycles. The first-order chi connectivity index (χ1) is 9.09. The standard InChI is InChI=1S/C15H13NO3.Na.H2O/c16-14-11(9-13(17)18)7-4-8-12(14)15(19)10-5-2-1-3-6-10;;/h1-8H,9,16H2,(H,17,18);;1H2. The molecule has 1 radical (unpaired) electrons. The summed E-state index contributed by atoms with van der Waals surface area (Å²) < 4.78 is 0. The summed E-state index contributed by atoms with van der Waals surface area (Å²) >= 11 is 0. The van der Waals surface area contributed by atoms with Gasteiger partial charge in [0.1, 0.15) is 0 Å². The van der Waals surface area contributed by atoms with Crippen molar-refractivity contribution in [3.63, 3.8) is 0 Å². The van der Waals surface area contributed by atoms with Gasteiger partial charge >= 0.3 is 5.97 Å². The number of carbonyl (C=O) groups excluding carboxylic acids is 1. The van der Waals surface area contributed by atoms with Gasteiger partial charge in [0.2, 0.25) is 0 Å². The SMILES string of the molecule is Nc1c(CC(=O)O)cccc1C(=O)c1ccccc1.O.[Na]. The molecule has 0 heterocycles. The zero-order valence-corrected chi connectivity index (χ0v) is 13.7. The molecule has 0 fully saturated rings. The van der Waals surface area contributed by atoms with Gasteiger partial charge in [-0.25, -0.2) is 0 Å². The van der Waals surface area contributed by atoms with Crippen molar-refractivity contribution in [2.24, 2.45) is 0 Å². The topological polar surface area (TPSA) is 112 Å². The number of benzene rings is 2. The van der Waals surface area contributed by atoms with Gasteiger partial charge in [-0.2, -0.15) is 0 Å². The predicted molar refractivity (Wildman–Crippen MR) is 81.4 cm³/mol. The molecule has 2 rings (SSSR count). The molecular formula is C15H15NNaO4. The monoisotopic (exact) mass is 296 g/mol. The van der Waals surface area contributed by atoms with Gasteiger partial charge < -0.3 is 16.3 Å². The minimum Gasteiger partial charge on any atom is -0.481 e. The van der Waals surface area contributed by atoms with Crippen molar-refractivity contribution in [3.05, 3.63) is 65.2 Å². The Bertz CT molecular complexity index is 629. The first-order valence-corrected chi connectivity index (χ1v) is 5.78. The first-order valence-electron chi connectivity index (χ1n) is 5.78. The largest absolute Gasteiger partial charge is 0.481 e. The van der Waals surface area contributed by atoms with E-state index in [9.17, 15) is 9.59 Å². The Balaban J connectivity index is 0.00000200. The molecule has 0 unspecified atom stereocenters.